The van der Waals surface area contributed by atoms with Crippen molar-refractivity contribution in [1.82, 2.24) is 4.31 Å². The van der Waals surface area contributed by atoms with Gasteiger partial charge in [-0.15, -0.1) is 0 Å². The van der Waals surface area contributed by atoms with Gasteiger partial charge in [-0.25, -0.2) is 13.2 Å². The van der Waals surface area contributed by atoms with E-state index in [2.05, 4.69) is 0 Å². The number of methoxy groups -OCH3 is 1. The highest BCUT2D eigenvalue weighted by Crippen LogP contribution is 2.18. The molecule has 0 spiro atoms. The summed E-state index contributed by atoms with van der Waals surface area (Å²) in [5.74, 6) is -0.539. The minimum Gasteiger partial charge on any atom is -0.497 e. The predicted molar refractivity (Wildman–Crippen MR) is 104 cm³/mol. The van der Waals surface area contributed by atoms with Crippen molar-refractivity contribution in [3.63, 3.8) is 0 Å². The molecule has 2 rings (SSSR count). The SMILES string of the molecule is COc1ccc(C(=O)COC(=O)c2cccc(S(=O)(=O)N(C)C(C)C)c2)cc1. The van der Waals surface area contributed by atoms with Gasteiger partial charge in [-0.1, -0.05) is 6.07 Å². The van der Waals surface area contributed by atoms with Crippen LogP contribution in [0.1, 0.15) is 34.6 Å². The monoisotopic (exact) mass is 405 g/mol. The third-order valence-corrected chi connectivity index (χ3v) is 6.25. The van der Waals surface area contributed by atoms with Crippen LogP contribution in [-0.4, -0.2) is 51.3 Å². The van der Waals surface area contributed by atoms with Crippen LogP contribution < -0.4 is 4.74 Å². The first kappa shape index (κ1) is 21.6. The second kappa shape index (κ2) is 8.99. The number of carbonyl (C=O) groups excluding carboxylic acids is 2. The molecule has 0 fully saturated rings. The highest BCUT2D eigenvalue weighted by Gasteiger charge is 2.24. The van der Waals surface area contributed by atoms with Gasteiger partial charge in [0, 0.05) is 18.7 Å². The van der Waals surface area contributed by atoms with Crippen molar-refractivity contribution >= 4 is 21.8 Å². The van der Waals surface area contributed by atoms with Gasteiger partial charge < -0.3 is 9.47 Å². The number of esters is 1. The van der Waals surface area contributed by atoms with E-state index in [0.717, 1.165) is 0 Å². The van der Waals surface area contributed by atoms with Crippen LogP contribution >= 0.6 is 0 Å². The molecule has 2 aromatic rings. The highest BCUT2D eigenvalue weighted by molar-refractivity contribution is 7.89. The van der Waals surface area contributed by atoms with E-state index in [9.17, 15) is 18.0 Å². The highest BCUT2D eigenvalue weighted by atomic mass is 32.2. The van der Waals surface area contributed by atoms with E-state index in [1.165, 1.54) is 42.7 Å². The lowest BCUT2D eigenvalue weighted by Gasteiger charge is -2.21. The third-order valence-electron chi connectivity index (χ3n) is 4.22. The van der Waals surface area contributed by atoms with Gasteiger partial charge in [-0.05, 0) is 56.3 Å². The van der Waals surface area contributed by atoms with Crippen LogP contribution in [0.3, 0.4) is 0 Å². The smallest absolute Gasteiger partial charge is 0.338 e. The molecule has 0 aliphatic heterocycles. The van der Waals surface area contributed by atoms with E-state index >= 15 is 0 Å². The number of Topliss-reactive ketones (excluding diaryl/α,β-unsaturated/α-hetero) is 1. The molecule has 0 radical (unpaired) electrons. The number of hydrogen-bond donors (Lipinski definition) is 0. The molecular formula is C20H23NO6S. The summed E-state index contributed by atoms with van der Waals surface area (Å²) in [5.41, 5.74) is 0.434. The Morgan fingerprint density at radius 2 is 1.68 bits per heavy atom. The summed E-state index contributed by atoms with van der Waals surface area (Å²) in [4.78, 5) is 24.4. The number of carbonyl (C=O) groups is 2. The Hall–Kier alpha value is -2.71. The van der Waals surface area contributed by atoms with Gasteiger partial charge in [0.1, 0.15) is 5.75 Å². The maximum atomic E-state index is 12.6. The molecule has 0 N–H and O–H groups in total. The summed E-state index contributed by atoms with van der Waals surface area (Å²) in [5, 5.41) is 0. The Morgan fingerprint density at radius 1 is 1.04 bits per heavy atom. The molecule has 0 atom stereocenters. The molecular weight excluding hydrogens is 382 g/mol. The number of rotatable bonds is 8. The number of ketones is 1. The fraction of sp³-hybridized carbons (Fsp3) is 0.300. The molecule has 0 saturated carbocycles. The van der Waals surface area contributed by atoms with Gasteiger partial charge in [0.05, 0.1) is 17.6 Å². The summed E-state index contributed by atoms with van der Waals surface area (Å²) < 4.78 is 36.4. The van der Waals surface area contributed by atoms with Crippen molar-refractivity contribution in [3.05, 3.63) is 59.7 Å². The van der Waals surface area contributed by atoms with Crippen LogP contribution in [0.25, 0.3) is 0 Å². The fourth-order valence-corrected chi connectivity index (χ4v) is 3.72. The van der Waals surface area contributed by atoms with Crippen LogP contribution in [0.4, 0.5) is 0 Å². The Kier molecular flexibility index (Phi) is 6.93. The van der Waals surface area contributed by atoms with Crippen molar-refractivity contribution in [2.24, 2.45) is 0 Å². The van der Waals surface area contributed by atoms with Crippen molar-refractivity contribution in [3.8, 4) is 5.75 Å². The average Bonchev–Trinajstić information content (AvgIpc) is 2.71. The zero-order valence-electron chi connectivity index (χ0n) is 16.2. The van der Waals surface area contributed by atoms with Gasteiger partial charge in [-0.2, -0.15) is 4.31 Å². The summed E-state index contributed by atoms with van der Waals surface area (Å²) in [6.45, 7) is 3.05. The first-order valence-corrected chi connectivity index (χ1v) is 10.0. The van der Waals surface area contributed by atoms with E-state index in [1.807, 2.05) is 0 Å². The minimum atomic E-state index is -3.73. The largest absolute Gasteiger partial charge is 0.497 e. The Bertz CT molecular complexity index is 951. The van der Waals surface area contributed by atoms with Gasteiger partial charge in [0.25, 0.3) is 0 Å². The molecule has 0 aromatic heterocycles. The topological polar surface area (TPSA) is 90.0 Å². The zero-order chi connectivity index (χ0) is 20.9. The summed E-state index contributed by atoms with van der Waals surface area (Å²) in [6, 6.07) is 11.7. The minimum absolute atomic E-state index is 0.0142. The van der Waals surface area contributed by atoms with Crippen LogP contribution in [0.2, 0.25) is 0 Å². The molecule has 0 aliphatic rings. The zero-order valence-corrected chi connectivity index (χ0v) is 17.0. The predicted octanol–water partition coefficient (Wildman–Crippen LogP) is 2.76. The van der Waals surface area contributed by atoms with Gasteiger partial charge in [0.2, 0.25) is 10.0 Å². The number of sulfonamides is 1. The van der Waals surface area contributed by atoms with Gasteiger partial charge in [0.15, 0.2) is 12.4 Å². The number of hydrogen-bond acceptors (Lipinski definition) is 6. The van der Waals surface area contributed by atoms with Crippen LogP contribution in [0.5, 0.6) is 5.75 Å². The van der Waals surface area contributed by atoms with Crippen LogP contribution in [0, 0.1) is 0 Å². The molecule has 28 heavy (non-hydrogen) atoms. The standard InChI is InChI=1S/C20H23NO6S/c1-14(2)21(3)28(24,25)18-7-5-6-16(12-18)20(23)27-13-19(22)15-8-10-17(26-4)11-9-15/h5-12,14H,13H2,1-4H3. The Balaban J connectivity index is 2.09. The first-order valence-electron chi connectivity index (χ1n) is 8.59. The Morgan fingerprint density at radius 3 is 2.25 bits per heavy atom. The average molecular weight is 405 g/mol. The number of nitrogens with zero attached hydrogens (tertiary/aromatic N) is 1. The molecule has 7 nitrogen and oxygen atoms in total. The number of ether oxygens (including phenoxy) is 2. The molecule has 0 saturated heterocycles. The third kappa shape index (κ3) is 4.96. The molecule has 0 amide bonds. The maximum Gasteiger partial charge on any atom is 0.338 e. The lowest BCUT2D eigenvalue weighted by atomic mass is 10.1. The summed E-state index contributed by atoms with van der Waals surface area (Å²) in [7, 11) is -0.738. The molecule has 2 aromatic carbocycles. The molecule has 0 aliphatic carbocycles. The van der Waals surface area contributed by atoms with E-state index in [0.29, 0.717) is 11.3 Å². The second-order valence-electron chi connectivity index (χ2n) is 6.37. The molecule has 0 heterocycles. The summed E-state index contributed by atoms with van der Waals surface area (Å²) in [6.07, 6.45) is 0. The molecule has 0 bridgehead atoms. The molecule has 0 unspecified atom stereocenters. The van der Waals surface area contributed by atoms with E-state index in [1.54, 1.807) is 38.1 Å². The lowest BCUT2D eigenvalue weighted by Crippen LogP contribution is -2.33. The van der Waals surface area contributed by atoms with Crippen molar-refractivity contribution < 1.29 is 27.5 Å². The normalized spacial score (nSPS) is 11.5. The van der Waals surface area contributed by atoms with Crippen LogP contribution in [-0.2, 0) is 14.8 Å². The van der Waals surface area contributed by atoms with Crippen molar-refractivity contribution in [2.45, 2.75) is 24.8 Å². The molecule has 150 valence electrons. The number of benzene rings is 2. The van der Waals surface area contributed by atoms with Crippen molar-refractivity contribution in [1.29, 1.82) is 0 Å². The van der Waals surface area contributed by atoms with E-state index in [4.69, 9.17) is 9.47 Å². The van der Waals surface area contributed by atoms with E-state index < -0.39 is 22.6 Å². The lowest BCUT2D eigenvalue weighted by molar-refractivity contribution is 0.0474. The van der Waals surface area contributed by atoms with Crippen LogP contribution in [0.15, 0.2) is 53.4 Å². The Labute approximate surface area is 164 Å². The fourth-order valence-electron chi connectivity index (χ4n) is 2.30. The molecule has 8 heteroatoms. The van der Waals surface area contributed by atoms with Gasteiger partial charge in [-0.3, -0.25) is 4.79 Å². The van der Waals surface area contributed by atoms with Gasteiger partial charge >= 0.3 is 5.97 Å². The van der Waals surface area contributed by atoms with Crippen molar-refractivity contribution in [2.75, 3.05) is 20.8 Å². The second-order valence-corrected chi connectivity index (χ2v) is 8.37. The summed E-state index contributed by atoms with van der Waals surface area (Å²) >= 11 is 0. The quantitative estimate of drug-likeness (QED) is 0.496. The van der Waals surface area contributed by atoms with E-state index in [-0.39, 0.29) is 22.3 Å². The maximum absolute atomic E-state index is 12.6. The first-order chi connectivity index (χ1) is 13.2.